The molecule has 0 saturated heterocycles. The Bertz CT molecular complexity index is 1010. The van der Waals surface area contributed by atoms with E-state index < -0.39 is 0 Å². The minimum absolute atomic E-state index is 0.237. The molecule has 0 atom stereocenters. The van der Waals surface area contributed by atoms with Gasteiger partial charge in [0, 0.05) is 12.0 Å². The Morgan fingerprint density at radius 2 is 1.79 bits per heavy atom. The summed E-state index contributed by atoms with van der Waals surface area (Å²) in [5.41, 5.74) is 4.05. The number of aryl methyl sites for hydroxylation is 2. The molecule has 0 aliphatic rings. The van der Waals surface area contributed by atoms with E-state index in [1.807, 2.05) is 6.07 Å². The van der Waals surface area contributed by atoms with Gasteiger partial charge in [-0.25, -0.2) is 4.39 Å². The van der Waals surface area contributed by atoms with Gasteiger partial charge in [-0.1, -0.05) is 46.7 Å². The lowest BCUT2D eigenvalue weighted by Crippen LogP contribution is -1.99. The number of nitrogens with zero attached hydrogens (tertiary/aromatic N) is 4. The quantitative estimate of drug-likeness (QED) is 0.562. The lowest BCUT2D eigenvalue weighted by molar-refractivity contribution is 0.611. The summed E-state index contributed by atoms with van der Waals surface area (Å²) < 4.78 is 15.6. The molecule has 6 heteroatoms. The highest BCUT2D eigenvalue weighted by molar-refractivity contribution is 7.19. The molecule has 0 N–H and O–H groups in total. The van der Waals surface area contributed by atoms with Crippen molar-refractivity contribution >= 4 is 16.3 Å². The molecular weight excluding hydrogens is 323 g/mol. The zero-order chi connectivity index (χ0) is 16.7. The first-order chi connectivity index (χ1) is 11.6. The summed E-state index contributed by atoms with van der Waals surface area (Å²) in [5, 5.41) is 13.9. The first-order valence-electron chi connectivity index (χ1n) is 7.63. The largest absolute Gasteiger partial charge is 0.234 e. The van der Waals surface area contributed by atoms with Crippen LogP contribution in [0.15, 0.2) is 42.5 Å². The van der Waals surface area contributed by atoms with Crippen LogP contribution in [0.25, 0.3) is 15.5 Å². The minimum Gasteiger partial charge on any atom is -0.207 e. The van der Waals surface area contributed by atoms with Crippen LogP contribution in [0.3, 0.4) is 0 Å². The van der Waals surface area contributed by atoms with Crippen LogP contribution in [0.2, 0.25) is 0 Å². The molecule has 0 aliphatic carbocycles. The fraction of sp³-hybridized carbons (Fsp3) is 0.167. The van der Waals surface area contributed by atoms with Crippen LogP contribution >= 0.6 is 11.3 Å². The molecule has 0 bridgehead atoms. The molecule has 0 radical (unpaired) electrons. The van der Waals surface area contributed by atoms with Crippen LogP contribution in [0.4, 0.5) is 4.39 Å². The summed E-state index contributed by atoms with van der Waals surface area (Å²) in [6, 6.07) is 13.1. The summed E-state index contributed by atoms with van der Waals surface area (Å²) in [5.74, 6) is 0.404. The van der Waals surface area contributed by atoms with E-state index in [1.54, 1.807) is 16.6 Å². The SMILES string of the molecule is Cc1cc(C)cc(-c2nn3c(Cc4ccccc4F)nnc3s2)c1. The molecule has 0 amide bonds. The van der Waals surface area contributed by atoms with Gasteiger partial charge in [-0.3, -0.25) is 0 Å². The van der Waals surface area contributed by atoms with E-state index in [2.05, 4.69) is 47.3 Å². The molecular formula is C18H15FN4S. The van der Waals surface area contributed by atoms with Crippen LogP contribution < -0.4 is 0 Å². The zero-order valence-electron chi connectivity index (χ0n) is 13.3. The molecule has 2 heterocycles. The Hall–Kier alpha value is -2.60. The molecule has 0 spiro atoms. The third-order valence-corrected chi connectivity index (χ3v) is 4.78. The Labute approximate surface area is 142 Å². The molecule has 0 saturated carbocycles. The van der Waals surface area contributed by atoms with E-state index in [9.17, 15) is 4.39 Å². The monoisotopic (exact) mass is 338 g/mol. The highest BCUT2D eigenvalue weighted by Gasteiger charge is 2.15. The van der Waals surface area contributed by atoms with E-state index in [0.717, 1.165) is 15.5 Å². The topological polar surface area (TPSA) is 43.1 Å². The van der Waals surface area contributed by atoms with Crippen molar-refractivity contribution in [2.24, 2.45) is 0 Å². The molecule has 2 aromatic carbocycles. The van der Waals surface area contributed by atoms with E-state index in [-0.39, 0.29) is 5.82 Å². The predicted octanol–water partition coefficient (Wildman–Crippen LogP) is 4.20. The van der Waals surface area contributed by atoms with Gasteiger partial charge >= 0.3 is 0 Å². The average molecular weight is 338 g/mol. The smallest absolute Gasteiger partial charge is 0.207 e. The van der Waals surface area contributed by atoms with E-state index >= 15 is 0 Å². The molecule has 0 fully saturated rings. The van der Waals surface area contributed by atoms with Crippen molar-refractivity contribution in [3.05, 3.63) is 70.8 Å². The molecule has 0 unspecified atom stereocenters. The minimum atomic E-state index is -0.237. The summed E-state index contributed by atoms with van der Waals surface area (Å²) in [7, 11) is 0. The van der Waals surface area contributed by atoms with Crippen LogP contribution in [0.5, 0.6) is 0 Å². The Morgan fingerprint density at radius 3 is 2.54 bits per heavy atom. The van der Waals surface area contributed by atoms with E-state index in [1.165, 1.54) is 28.5 Å². The first-order valence-corrected chi connectivity index (χ1v) is 8.45. The van der Waals surface area contributed by atoms with Gasteiger partial charge in [0.05, 0.1) is 0 Å². The third-order valence-electron chi connectivity index (χ3n) is 3.83. The van der Waals surface area contributed by atoms with Gasteiger partial charge < -0.3 is 0 Å². The predicted molar refractivity (Wildman–Crippen MR) is 92.8 cm³/mol. The van der Waals surface area contributed by atoms with Crippen molar-refractivity contribution in [1.82, 2.24) is 19.8 Å². The standard InChI is InChI=1S/C18H15FN4S/c1-11-7-12(2)9-14(8-11)17-22-23-16(20-21-18(23)24-17)10-13-5-3-4-6-15(13)19/h3-9H,10H2,1-2H3. The van der Waals surface area contributed by atoms with Gasteiger partial charge in [-0.2, -0.15) is 9.61 Å². The zero-order valence-corrected chi connectivity index (χ0v) is 14.1. The summed E-state index contributed by atoms with van der Waals surface area (Å²) >= 11 is 1.49. The second-order valence-electron chi connectivity index (χ2n) is 5.86. The van der Waals surface area contributed by atoms with Crippen LogP contribution in [0, 0.1) is 19.7 Å². The lowest BCUT2D eigenvalue weighted by atomic mass is 10.1. The second kappa shape index (κ2) is 5.79. The Morgan fingerprint density at radius 1 is 1.04 bits per heavy atom. The van der Waals surface area contributed by atoms with Gasteiger partial charge in [0.2, 0.25) is 4.96 Å². The first kappa shape index (κ1) is 15.0. The number of halogens is 1. The average Bonchev–Trinajstić information content (AvgIpc) is 3.10. The van der Waals surface area contributed by atoms with E-state index in [0.29, 0.717) is 17.8 Å². The fourth-order valence-corrected chi connectivity index (χ4v) is 3.64. The highest BCUT2D eigenvalue weighted by atomic mass is 32.1. The van der Waals surface area contributed by atoms with Crippen molar-refractivity contribution in [2.45, 2.75) is 20.3 Å². The van der Waals surface area contributed by atoms with Crippen molar-refractivity contribution in [2.75, 3.05) is 0 Å². The summed E-state index contributed by atoms with van der Waals surface area (Å²) in [6.07, 6.45) is 0.365. The van der Waals surface area contributed by atoms with E-state index in [4.69, 9.17) is 0 Å². The fourth-order valence-electron chi connectivity index (χ4n) is 2.79. The normalized spacial score (nSPS) is 11.3. The van der Waals surface area contributed by atoms with Gasteiger partial charge in [-0.15, -0.1) is 10.2 Å². The van der Waals surface area contributed by atoms with Gasteiger partial charge in [0.25, 0.3) is 0 Å². The van der Waals surface area contributed by atoms with Crippen molar-refractivity contribution in [1.29, 1.82) is 0 Å². The van der Waals surface area contributed by atoms with Crippen LogP contribution in [0.1, 0.15) is 22.5 Å². The number of fused-ring (bicyclic) bond motifs is 1. The number of hydrogen-bond donors (Lipinski definition) is 0. The summed E-state index contributed by atoms with van der Waals surface area (Å²) in [6.45, 7) is 4.14. The maximum Gasteiger partial charge on any atom is 0.234 e. The Balaban J connectivity index is 1.75. The van der Waals surface area contributed by atoms with Gasteiger partial charge in [-0.05, 0) is 37.6 Å². The number of aromatic nitrogens is 4. The molecule has 2 aromatic heterocycles. The molecule has 120 valence electrons. The maximum absolute atomic E-state index is 13.9. The molecule has 4 rings (SSSR count). The third kappa shape index (κ3) is 2.69. The lowest BCUT2D eigenvalue weighted by Gasteiger charge is -2.01. The van der Waals surface area contributed by atoms with Crippen LogP contribution in [-0.2, 0) is 6.42 Å². The van der Waals surface area contributed by atoms with Gasteiger partial charge in [0.15, 0.2) is 5.82 Å². The molecule has 4 nitrogen and oxygen atoms in total. The number of benzene rings is 2. The van der Waals surface area contributed by atoms with Crippen molar-refractivity contribution < 1.29 is 4.39 Å². The van der Waals surface area contributed by atoms with Crippen molar-refractivity contribution in [3.8, 4) is 10.6 Å². The number of hydrogen-bond acceptors (Lipinski definition) is 4. The molecule has 0 aliphatic heterocycles. The maximum atomic E-state index is 13.9. The number of rotatable bonds is 3. The highest BCUT2D eigenvalue weighted by Crippen LogP contribution is 2.27. The van der Waals surface area contributed by atoms with Crippen LogP contribution in [-0.4, -0.2) is 19.8 Å². The second-order valence-corrected chi connectivity index (χ2v) is 6.82. The van der Waals surface area contributed by atoms with Crippen molar-refractivity contribution in [3.63, 3.8) is 0 Å². The molecule has 24 heavy (non-hydrogen) atoms. The van der Waals surface area contributed by atoms with Gasteiger partial charge in [0.1, 0.15) is 10.8 Å². The summed E-state index contributed by atoms with van der Waals surface area (Å²) in [4.78, 5) is 0.718. The Kier molecular flexibility index (Phi) is 3.61. The molecule has 4 aromatic rings.